The minimum Gasteiger partial charge on any atom is -0.306 e. The van der Waals surface area contributed by atoms with Gasteiger partial charge in [0.15, 0.2) is 0 Å². The number of fused-ring (bicyclic) bond motifs is 1. The summed E-state index contributed by atoms with van der Waals surface area (Å²) in [6.07, 6.45) is 3.87. The molecule has 4 aromatic rings. The molecule has 0 fully saturated rings. The van der Waals surface area contributed by atoms with E-state index in [0.717, 1.165) is 16.9 Å². The number of nitrogens with zero attached hydrogens (tertiary/aromatic N) is 2. The van der Waals surface area contributed by atoms with Gasteiger partial charge in [0, 0.05) is 28.7 Å². The summed E-state index contributed by atoms with van der Waals surface area (Å²) in [5, 5.41) is 0.378. The standard InChI is InChI=1S/C20H16ClN3O2S/c1-14-5-8-16(21)12-19(14)27(25,26)23-17-9-6-15(7-10-17)18-13-24-11-3-2-4-20(24)22-18/h2-13,23H,1H3. The van der Waals surface area contributed by atoms with Crippen molar-refractivity contribution in [2.75, 3.05) is 4.72 Å². The Morgan fingerprint density at radius 2 is 1.81 bits per heavy atom. The van der Waals surface area contributed by atoms with Crippen molar-refractivity contribution in [2.45, 2.75) is 11.8 Å². The van der Waals surface area contributed by atoms with E-state index in [2.05, 4.69) is 9.71 Å². The number of sulfonamides is 1. The van der Waals surface area contributed by atoms with Crippen molar-refractivity contribution in [2.24, 2.45) is 0 Å². The largest absolute Gasteiger partial charge is 0.306 e. The normalized spacial score (nSPS) is 11.6. The summed E-state index contributed by atoms with van der Waals surface area (Å²) in [7, 11) is -3.72. The summed E-state index contributed by atoms with van der Waals surface area (Å²) >= 11 is 5.95. The number of hydrogen-bond donors (Lipinski definition) is 1. The lowest BCUT2D eigenvalue weighted by molar-refractivity contribution is 0.600. The third-order valence-corrected chi connectivity index (χ3v) is 5.99. The fourth-order valence-corrected chi connectivity index (χ4v) is 4.42. The maximum atomic E-state index is 12.7. The molecule has 5 nitrogen and oxygen atoms in total. The van der Waals surface area contributed by atoms with Crippen LogP contribution in [-0.4, -0.2) is 17.8 Å². The summed E-state index contributed by atoms with van der Waals surface area (Å²) in [4.78, 5) is 4.73. The van der Waals surface area contributed by atoms with Crippen molar-refractivity contribution in [3.8, 4) is 11.3 Å². The SMILES string of the molecule is Cc1ccc(Cl)cc1S(=O)(=O)Nc1ccc(-c2cn3ccccc3n2)cc1. The van der Waals surface area contributed by atoms with Gasteiger partial charge >= 0.3 is 0 Å². The van der Waals surface area contributed by atoms with Gasteiger partial charge in [-0.1, -0.05) is 35.9 Å². The number of aryl methyl sites for hydroxylation is 1. The number of pyridine rings is 1. The molecule has 0 aliphatic heterocycles. The van der Waals surface area contributed by atoms with Crippen LogP contribution in [0.5, 0.6) is 0 Å². The van der Waals surface area contributed by atoms with Gasteiger partial charge in [-0.15, -0.1) is 0 Å². The molecular formula is C20H16ClN3O2S. The quantitative estimate of drug-likeness (QED) is 0.539. The molecule has 0 saturated heterocycles. The van der Waals surface area contributed by atoms with E-state index in [4.69, 9.17) is 11.6 Å². The molecule has 136 valence electrons. The van der Waals surface area contributed by atoms with Crippen LogP contribution in [-0.2, 0) is 10.0 Å². The van der Waals surface area contributed by atoms with Gasteiger partial charge in [0.2, 0.25) is 0 Å². The predicted octanol–water partition coefficient (Wildman–Crippen LogP) is 4.76. The van der Waals surface area contributed by atoms with Crippen LogP contribution in [0.1, 0.15) is 5.56 Å². The Balaban J connectivity index is 1.61. The molecule has 0 saturated carbocycles. The van der Waals surface area contributed by atoms with Gasteiger partial charge in [-0.2, -0.15) is 0 Å². The number of hydrogen-bond acceptors (Lipinski definition) is 3. The minimum absolute atomic E-state index is 0.166. The van der Waals surface area contributed by atoms with Crippen LogP contribution in [0.4, 0.5) is 5.69 Å². The van der Waals surface area contributed by atoms with Gasteiger partial charge in [-0.3, -0.25) is 4.72 Å². The molecule has 1 N–H and O–H groups in total. The van der Waals surface area contributed by atoms with Crippen molar-refractivity contribution in [3.63, 3.8) is 0 Å². The first-order valence-corrected chi connectivity index (χ1v) is 10.1. The Morgan fingerprint density at radius 1 is 1.04 bits per heavy atom. The van der Waals surface area contributed by atoms with Crippen molar-refractivity contribution in [1.82, 2.24) is 9.38 Å². The fourth-order valence-electron chi connectivity index (χ4n) is 2.86. The average molecular weight is 398 g/mol. The van der Waals surface area contributed by atoms with E-state index in [-0.39, 0.29) is 4.90 Å². The average Bonchev–Trinajstić information content (AvgIpc) is 3.08. The second-order valence-electron chi connectivity index (χ2n) is 6.18. The van der Waals surface area contributed by atoms with E-state index in [0.29, 0.717) is 16.3 Å². The number of aromatic nitrogens is 2. The molecule has 0 aliphatic rings. The van der Waals surface area contributed by atoms with Crippen LogP contribution in [0.15, 0.2) is 78.0 Å². The molecule has 0 unspecified atom stereocenters. The van der Waals surface area contributed by atoms with E-state index in [1.165, 1.54) is 6.07 Å². The summed E-state index contributed by atoms with van der Waals surface area (Å²) in [6.45, 7) is 1.73. The smallest absolute Gasteiger partial charge is 0.262 e. The topological polar surface area (TPSA) is 63.5 Å². The third kappa shape index (κ3) is 3.54. The first-order valence-electron chi connectivity index (χ1n) is 8.25. The lowest BCUT2D eigenvalue weighted by Crippen LogP contribution is -2.14. The molecule has 0 amide bonds. The van der Waals surface area contributed by atoms with Crippen LogP contribution in [0, 0.1) is 6.92 Å². The zero-order valence-corrected chi connectivity index (χ0v) is 16.0. The third-order valence-electron chi connectivity index (χ3n) is 4.24. The van der Waals surface area contributed by atoms with Gasteiger partial charge in [0.25, 0.3) is 10.0 Å². The zero-order chi connectivity index (χ0) is 19.0. The molecule has 2 heterocycles. The van der Waals surface area contributed by atoms with E-state index in [9.17, 15) is 8.42 Å². The van der Waals surface area contributed by atoms with Crippen molar-refractivity contribution in [3.05, 3.63) is 83.6 Å². The van der Waals surface area contributed by atoms with Gasteiger partial charge in [-0.25, -0.2) is 13.4 Å². The molecule has 7 heteroatoms. The number of halogens is 1. The Labute approximate surface area is 162 Å². The molecule has 0 aliphatic carbocycles. The minimum atomic E-state index is -3.72. The molecule has 2 aromatic carbocycles. The monoisotopic (exact) mass is 397 g/mol. The Kier molecular flexibility index (Phi) is 4.37. The van der Waals surface area contributed by atoms with Gasteiger partial charge in [-0.05, 0) is 48.9 Å². The van der Waals surface area contributed by atoms with E-state index in [1.807, 2.05) is 47.1 Å². The molecule has 2 aromatic heterocycles. The summed E-state index contributed by atoms with van der Waals surface area (Å²) in [6, 6.07) is 17.7. The maximum absolute atomic E-state index is 12.7. The Hall–Kier alpha value is -2.83. The first-order chi connectivity index (χ1) is 12.9. The highest BCUT2D eigenvalue weighted by atomic mass is 35.5. The lowest BCUT2D eigenvalue weighted by atomic mass is 10.1. The molecule has 0 atom stereocenters. The highest BCUT2D eigenvalue weighted by molar-refractivity contribution is 7.92. The van der Waals surface area contributed by atoms with Crippen molar-refractivity contribution < 1.29 is 8.42 Å². The van der Waals surface area contributed by atoms with Crippen molar-refractivity contribution >= 4 is 33.0 Å². The molecule has 0 radical (unpaired) electrons. The summed E-state index contributed by atoms with van der Waals surface area (Å²) in [5.74, 6) is 0. The highest BCUT2D eigenvalue weighted by Gasteiger charge is 2.17. The van der Waals surface area contributed by atoms with E-state index >= 15 is 0 Å². The lowest BCUT2D eigenvalue weighted by Gasteiger charge is -2.11. The van der Waals surface area contributed by atoms with Crippen molar-refractivity contribution in [1.29, 1.82) is 0 Å². The van der Waals surface area contributed by atoms with Gasteiger partial charge in [0.05, 0.1) is 10.6 Å². The number of anilines is 1. The molecular weight excluding hydrogens is 382 g/mol. The molecule has 0 spiro atoms. The Morgan fingerprint density at radius 3 is 2.56 bits per heavy atom. The van der Waals surface area contributed by atoms with Crippen LogP contribution < -0.4 is 4.72 Å². The zero-order valence-electron chi connectivity index (χ0n) is 14.4. The predicted molar refractivity (Wildman–Crippen MR) is 108 cm³/mol. The van der Waals surface area contributed by atoms with Crippen LogP contribution >= 0.6 is 11.6 Å². The second kappa shape index (κ2) is 6.72. The second-order valence-corrected chi connectivity index (χ2v) is 8.27. The highest BCUT2D eigenvalue weighted by Crippen LogP contribution is 2.25. The molecule has 4 rings (SSSR count). The first kappa shape index (κ1) is 17.6. The van der Waals surface area contributed by atoms with Crippen LogP contribution in [0.2, 0.25) is 5.02 Å². The van der Waals surface area contributed by atoms with Crippen LogP contribution in [0.3, 0.4) is 0 Å². The fraction of sp³-hybridized carbons (Fsp3) is 0.0500. The molecule has 0 bridgehead atoms. The Bertz CT molecular complexity index is 1200. The number of nitrogens with one attached hydrogen (secondary N) is 1. The van der Waals surface area contributed by atoms with E-state index in [1.54, 1.807) is 31.2 Å². The molecule has 27 heavy (non-hydrogen) atoms. The maximum Gasteiger partial charge on any atom is 0.262 e. The summed E-state index contributed by atoms with van der Waals surface area (Å²) < 4.78 is 29.9. The van der Waals surface area contributed by atoms with E-state index < -0.39 is 10.0 Å². The number of rotatable bonds is 4. The van der Waals surface area contributed by atoms with Gasteiger partial charge in [0.1, 0.15) is 5.65 Å². The number of benzene rings is 2. The summed E-state index contributed by atoms with van der Waals surface area (Å²) in [5.41, 5.74) is 3.69. The van der Waals surface area contributed by atoms with Crippen LogP contribution in [0.25, 0.3) is 16.9 Å². The number of imidazole rings is 1. The van der Waals surface area contributed by atoms with Gasteiger partial charge < -0.3 is 4.40 Å².